The minimum absolute atomic E-state index is 0.114. The number of hydrogen-bond acceptors (Lipinski definition) is 3. The van der Waals surface area contributed by atoms with Crippen LogP contribution in [0.3, 0.4) is 0 Å². The fourth-order valence-corrected chi connectivity index (χ4v) is 6.16. The first kappa shape index (κ1) is 25.1. The Morgan fingerprint density at radius 3 is 2.16 bits per heavy atom. The van der Waals surface area contributed by atoms with E-state index in [0.717, 1.165) is 67.8 Å². The number of aliphatic imine (C=N–C) groups is 1. The van der Waals surface area contributed by atoms with E-state index in [0.29, 0.717) is 11.1 Å². The van der Waals surface area contributed by atoms with Crippen LogP contribution in [0.15, 0.2) is 135 Å². The van der Waals surface area contributed by atoms with Crippen molar-refractivity contribution >= 4 is 61.1 Å². The fourth-order valence-electron chi connectivity index (χ4n) is 6.16. The second kappa shape index (κ2) is 10.00. The van der Waals surface area contributed by atoms with Gasteiger partial charge in [-0.2, -0.15) is 0 Å². The fraction of sp³-hybridized carbons (Fsp3) is 0.0526. The summed E-state index contributed by atoms with van der Waals surface area (Å²) in [5.74, 6) is 0.385. The first-order valence-corrected chi connectivity index (χ1v) is 14.4. The summed E-state index contributed by atoms with van der Waals surface area (Å²) in [7, 11) is 0. The second-order valence-corrected chi connectivity index (χ2v) is 10.8. The van der Waals surface area contributed by atoms with Crippen LogP contribution in [0.2, 0.25) is 0 Å². The molecule has 5 nitrogen and oxygen atoms in total. The summed E-state index contributed by atoms with van der Waals surface area (Å²) in [5.41, 5.74) is 15.6. The van der Waals surface area contributed by atoms with Gasteiger partial charge in [-0.05, 0) is 36.1 Å². The highest BCUT2D eigenvalue weighted by Gasteiger charge is 2.19. The molecule has 7 aromatic rings. The average Bonchev–Trinajstić information content (AvgIpc) is 3.64. The van der Waals surface area contributed by atoms with Gasteiger partial charge in [-0.1, -0.05) is 109 Å². The molecule has 0 saturated carbocycles. The third-order valence-electron chi connectivity index (χ3n) is 8.27. The van der Waals surface area contributed by atoms with Crippen molar-refractivity contribution in [1.82, 2.24) is 0 Å². The molecule has 2 heterocycles. The maximum Gasteiger partial charge on any atom is 0.154 e. The number of benzene rings is 5. The van der Waals surface area contributed by atoms with E-state index in [-0.39, 0.29) is 11.7 Å². The van der Waals surface area contributed by atoms with Gasteiger partial charge in [0.2, 0.25) is 0 Å². The zero-order valence-electron chi connectivity index (χ0n) is 23.3. The van der Waals surface area contributed by atoms with Crippen molar-refractivity contribution in [1.29, 1.82) is 5.41 Å². The molecule has 206 valence electrons. The molecule has 3 N–H and O–H groups in total. The molecule has 0 fully saturated rings. The number of para-hydroxylation sites is 3. The molecule has 0 atom stereocenters. The van der Waals surface area contributed by atoms with E-state index in [1.54, 1.807) is 0 Å². The molecule has 2 aromatic heterocycles. The molecule has 5 aromatic carbocycles. The number of nitrogens with one attached hydrogen (secondary N) is 1. The first-order valence-electron chi connectivity index (χ1n) is 14.4. The van der Waals surface area contributed by atoms with Gasteiger partial charge < -0.3 is 14.6 Å². The van der Waals surface area contributed by atoms with Crippen LogP contribution in [0, 0.1) is 5.41 Å². The highest BCUT2D eigenvalue weighted by Crippen LogP contribution is 2.41. The van der Waals surface area contributed by atoms with Gasteiger partial charge in [0.25, 0.3) is 0 Å². The molecule has 0 saturated heterocycles. The van der Waals surface area contributed by atoms with Gasteiger partial charge in [0.05, 0.1) is 0 Å². The zero-order valence-corrected chi connectivity index (χ0v) is 23.3. The van der Waals surface area contributed by atoms with Crippen LogP contribution in [0.5, 0.6) is 0 Å². The number of nitrogens with zero attached hydrogens (tertiary/aromatic N) is 1. The summed E-state index contributed by atoms with van der Waals surface area (Å²) in [4.78, 5) is 4.54. The lowest BCUT2D eigenvalue weighted by Crippen LogP contribution is -2.16. The Morgan fingerprint density at radius 2 is 1.37 bits per heavy atom. The molecule has 0 aliphatic heterocycles. The summed E-state index contributed by atoms with van der Waals surface area (Å²) in [6.07, 6.45) is 8.50. The summed E-state index contributed by atoms with van der Waals surface area (Å²) in [6.45, 7) is 0. The minimum Gasteiger partial charge on any atom is -0.455 e. The van der Waals surface area contributed by atoms with Crippen molar-refractivity contribution in [2.24, 2.45) is 10.7 Å². The minimum atomic E-state index is 0.114. The van der Waals surface area contributed by atoms with E-state index in [9.17, 15) is 0 Å². The smallest absolute Gasteiger partial charge is 0.154 e. The number of hydrogen-bond donors (Lipinski definition) is 2. The summed E-state index contributed by atoms with van der Waals surface area (Å²) >= 11 is 0. The Bertz CT molecular complexity index is 2310. The van der Waals surface area contributed by atoms with Crippen molar-refractivity contribution in [3.63, 3.8) is 0 Å². The number of rotatable bonds is 4. The van der Waals surface area contributed by atoms with Gasteiger partial charge in [0.15, 0.2) is 5.84 Å². The van der Waals surface area contributed by atoms with Gasteiger partial charge >= 0.3 is 0 Å². The van der Waals surface area contributed by atoms with Crippen LogP contribution in [-0.4, -0.2) is 11.7 Å². The van der Waals surface area contributed by atoms with Crippen LogP contribution in [0.4, 0.5) is 0 Å². The maximum absolute atomic E-state index is 8.70. The maximum atomic E-state index is 8.70. The molecule has 0 unspecified atom stereocenters. The number of furan rings is 2. The molecule has 43 heavy (non-hydrogen) atoms. The zero-order chi connectivity index (χ0) is 28.9. The van der Waals surface area contributed by atoms with E-state index in [1.807, 2.05) is 60.7 Å². The van der Waals surface area contributed by atoms with E-state index in [1.165, 1.54) is 11.1 Å². The molecule has 1 aliphatic rings. The third kappa shape index (κ3) is 4.17. The van der Waals surface area contributed by atoms with Crippen molar-refractivity contribution in [3.05, 3.63) is 138 Å². The van der Waals surface area contributed by atoms with Crippen molar-refractivity contribution in [3.8, 4) is 11.1 Å². The highest BCUT2D eigenvalue weighted by atomic mass is 16.3. The van der Waals surface area contributed by atoms with Crippen LogP contribution in [-0.2, 0) is 0 Å². The normalized spacial score (nSPS) is 13.8. The SMILES string of the molecule is N=C(N=C(N)c1cccc2oc3c(-c4cccc5c4oc4ccccc45)cccc3c12)c1ccc(C2=CC=CCC2)cc1. The van der Waals surface area contributed by atoms with Gasteiger partial charge in [-0.3, -0.25) is 5.41 Å². The van der Waals surface area contributed by atoms with Crippen LogP contribution < -0.4 is 5.73 Å². The van der Waals surface area contributed by atoms with Gasteiger partial charge in [-0.15, -0.1) is 0 Å². The van der Waals surface area contributed by atoms with Gasteiger partial charge in [0.1, 0.15) is 28.2 Å². The van der Waals surface area contributed by atoms with Crippen molar-refractivity contribution in [2.75, 3.05) is 0 Å². The van der Waals surface area contributed by atoms with Crippen LogP contribution >= 0.6 is 0 Å². The first-order chi connectivity index (χ1) is 21.2. The van der Waals surface area contributed by atoms with Gasteiger partial charge in [-0.25, -0.2) is 4.99 Å². The summed E-state index contributed by atoms with van der Waals surface area (Å²) in [5, 5.41) is 12.7. The Balaban J connectivity index is 1.21. The van der Waals surface area contributed by atoms with Crippen molar-refractivity contribution in [2.45, 2.75) is 12.8 Å². The standard InChI is InChI=1S/C38H27N3O2/c39-37(25-21-19-24(20-22-25)23-9-2-1-3-10-23)41-38(40)31-16-8-18-33-34(31)30-15-7-14-29(36(30)43-33)28-13-6-12-27-26-11-4-5-17-32(26)42-35(27)28/h1-2,4-9,11-22H,3,10H2,(H3,39,40,41). The molecule has 5 heteroatoms. The lowest BCUT2D eigenvalue weighted by molar-refractivity contribution is 0.665. The predicted octanol–water partition coefficient (Wildman–Crippen LogP) is 9.62. The molecule has 1 aliphatic carbocycles. The molecule has 0 spiro atoms. The second-order valence-electron chi connectivity index (χ2n) is 10.8. The average molecular weight is 558 g/mol. The Kier molecular flexibility index (Phi) is 5.83. The lowest BCUT2D eigenvalue weighted by atomic mass is 9.96. The van der Waals surface area contributed by atoms with Crippen molar-refractivity contribution < 1.29 is 8.83 Å². The lowest BCUT2D eigenvalue weighted by Gasteiger charge is -2.10. The van der Waals surface area contributed by atoms with Crippen LogP contribution in [0.1, 0.15) is 29.5 Å². The number of amidine groups is 2. The molecular weight excluding hydrogens is 530 g/mol. The topological polar surface area (TPSA) is 88.5 Å². The molecule has 0 amide bonds. The van der Waals surface area contributed by atoms with E-state index >= 15 is 0 Å². The molecule has 0 radical (unpaired) electrons. The largest absolute Gasteiger partial charge is 0.455 e. The van der Waals surface area contributed by atoms with E-state index < -0.39 is 0 Å². The molecule has 8 rings (SSSR count). The Hall–Kier alpha value is -5.68. The Labute approximate surface area is 247 Å². The van der Waals surface area contributed by atoms with E-state index in [2.05, 4.69) is 65.7 Å². The molecule has 0 bridgehead atoms. The predicted molar refractivity (Wildman–Crippen MR) is 177 cm³/mol. The monoisotopic (exact) mass is 557 g/mol. The third-order valence-corrected chi connectivity index (χ3v) is 8.27. The number of nitrogens with two attached hydrogens (primary N) is 1. The summed E-state index contributed by atoms with van der Waals surface area (Å²) in [6, 6.07) is 34.2. The summed E-state index contributed by atoms with van der Waals surface area (Å²) < 4.78 is 12.8. The van der Waals surface area contributed by atoms with E-state index in [4.69, 9.17) is 20.0 Å². The van der Waals surface area contributed by atoms with Gasteiger partial charge in [0, 0.05) is 43.8 Å². The number of allylic oxidation sites excluding steroid dienone is 4. The Morgan fingerprint density at radius 1 is 0.698 bits per heavy atom. The number of fused-ring (bicyclic) bond motifs is 6. The quantitative estimate of drug-likeness (QED) is 0.167. The highest BCUT2D eigenvalue weighted by molar-refractivity contribution is 6.22. The molecular formula is C38H27N3O2. The van der Waals surface area contributed by atoms with Crippen LogP contribution in [0.25, 0.3) is 60.6 Å².